The molecule has 0 aliphatic heterocycles. The zero-order valence-electron chi connectivity index (χ0n) is 9.18. The van der Waals surface area contributed by atoms with Crippen LogP contribution in [0.4, 0.5) is 0 Å². The summed E-state index contributed by atoms with van der Waals surface area (Å²) in [6, 6.07) is 7.71. The molecule has 0 spiro atoms. The Kier molecular flexibility index (Phi) is 3.12. The Balaban J connectivity index is 2.45. The van der Waals surface area contributed by atoms with Crippen LogP contribution in [0.3, 0.4) is 0 Å². The van der Waals surface area contributed by atoms with Gasteiger partial charge in [0.15, 0.2) is 0 Å². The number of halogens is 1. The highest BCUT2D eigenvalue weighted by Gasteiger charge is 2.16. The van der Waals surface area contributed by atoms with E-state index in [-0.39, 0.29) is 0 Å². The van der Waals surface area contributed by atoms with Crippen molar-refractivity contribution in [3.63, 3.8) is 0 Å². The summed E-state index contributed by atoms with van der Waals surface area (Å²) in [6.07, 6.45) is 1.05. The maximum atomic E-state index is 10.3. The Morgan fingerprint density at radius 1 is 1.38 bits per heavy atom. The zero-order chi connectivity index (χ0) is 11.7. The highest BCUT2D eigenvalue weighted by molar-refractivity contribution is 9.10. The van der Waals surface area contributed by atoms with Crippen molar-refractivity contribution in [3.8, 4) is 0 Å². The first-order chi connectivity index (χ1) is 7.59. The Hall–Kier alpha value is -1.13. The number of aromatic nitrogens is 2. The van der Waals surface area contributed by atoms with E-state index in [1.54, 1.807) is 10.9 Å². The van der Waals surface area contributed by atoms with Gasteiger partial charge in [-0.15, -0.1) is 0 Å². The van der Waals surface area contributed by atoms with Gasteiger partial charge in [-0.2, -0.15) is 5.10 Å². The van der Waals surface area contributed by atoms with Crippen LogP contribution >= 0.6 is 15.9 Å². The van der Waals surface area contributed by atoms with Crippen LogP contribution in [-0.2, 0) is 7.05 Å². The number of hydrogen-bond donors (Lipinski definition) is 1. The molecule has 0 bridgehead atoms. The van der Waals surface area contributed by atoms with Crippen LogP contribution in [0, 0.1) is 6.92 Å². The van der Waals surface area contributed by atoms with Crippen LogP contribution in [0.5, 0.6) is 0 Å². The van der Waals surface area contributed by atoms with Crippen LogP contribution in [0.2, 0.25) is 0 Å². The van der Waals surface area contributed by atoms with Crippen LogP contribution in [0.15, 0.2) is 34.9 Å². The molecule has 0 radical (unpaired) electrons. The molecule has 0 saturated carbocycles. The molecule has 3 nitrogen and oxygen atoms in total. The molecule has 16 heavy (non-hydrogen) atoms. The molecule has 0 saturated heterocycles. The van der Waals surface area contributed by atoms with Gasteiger partial charge in [-0.3, -0.25) is 4.68 Å². The molecule has 1 aromatic heterocycles. The maximum absolute atomic E-state index is 10.3. The molecular weight excluding hydrogens is 268 g/mol. The molecule has 2 rings (SSSR count). The summed E-state index contributed by atoms with van der Waals surface area (Å²) in [5, 5.41) is 14.3. The van der Waals surface area contributed by atoms with Crippen molar-refractivity contribution in [2.75, 3.05) is 0 Å². The minimum absolute atomic E-state index is 0.634. The first kappa shape index (κ1) is 11.4. The van der Waals surface area contributed by atoms with Gasteiger partial charge in [0.25, 0.3) is 0 Å². The monoisotopic (exact) mass is 280 g/mol. The predicted octanol–water partition coefficient (Wildman–Crippen LogP) is 2.57. The molecule has 0 aliphatic rings. The number of hydrogen-bond acceptors (Lipinski definition) is 2. The second-order valence-corrected chi connectivity index (χ2v) is 4.70. The average molecular weight is 281 g/mol. The fraction of sp³-hybridized carbons (Fsp3) is 0.250. The van der Waals surface area contributed by atoms with Crippen molar-refractivity contribution in [1.82, 2.24) is 9.78 Å². The van der Waals surface area contributed by atoms with Crippen molar-refractivity contribution in [2.24, 2.45) is 7.05 Å². The summed E-state index contributed by atoms with van der Waals surface area (Å²) in [5.41, 5.74) is 2.76. The zero-order valence-corrected chi connectivity index (χ0v) is 10.8. The van der Waals surface area contributed by atoms with E-state index in [1.165, 1.54) is 0 Å². The second kappa shape index (κ2) is 4.39. The van der Waals surface area contributed by atoms with E-state index in [1.807, 2.05) is 38.2 Å². The fourth-order valence-corrected chi connectivity index (χ4v) is 2.10. The summed E-state index contributed by atoms with van der Waals surface area (Å²) in [7, 11) is 1.83. The summed E-state index contributed by atoms with van der Waals surface area (Å²) in [5.74, 6) is 0. The standard InChI is InChI=1S/C12H13BrN2O/c1-8-3-4-9(13)7-10(8)12(16)11-5-6-14-15(11)2/h3-7,12,16H,1-2H3. The quantitative estimate of drug-likeness (QED) is 0.918. The number of aliphatic hydroxyl groups excluding tert-OH is 1. The van der Waals surface area contributed by atoms with Gasteiger partial charge in [-0.25, -0.2) is 0 Å². The van der Waals surface area contributed by atoms with Gasteiger partial charge < -0.3 is 5.11 Å². The average Bonchev–Trinajstić information content (AvgIpc) is 2.67. The lowest BCUT2D eigenvalue weighted by atomic mass is 10.0. The van der Waals surface area contributed by atoms with Gasteiger partial charge in [0, 0.05) is 17.7 Å². The van der Waals surface area contributed by atoms with Crippen LogP contribution in [0.1, 0.15) is 22.9 Å². The third kappa shape index (κ3) is 2.03. The number of nitrogens with zero attached hydrogens (tertiary/aromatic N) is 2. The van der Waals surface area contributed by atoms with Crippen molar-refractivity contribution in [3.05, 3.63) is 51.8 Å². The van der Waals surface area contributed by atoms with Crippen molar-refractivity contribution in [2.45, 2.75) is 13.0 Å². The van der Waals surface area contributed by atoms with Crippen LogP contribution in [0.25, 0.3) is 0 Å². The predicted molar refractivity (Wildman–Crippen MR) is 66.1 cm³/mol. The summed E-state index contributed by atoms with van der Waals surface area (Å²) >= 11 is 3.41. The molecule has 1 unspecified atom stereocenters. The molecule has 2 aromatic rings. The molecule has 1 N–H and O–H groups in total. The largest absolute Gasteiger partial charge is 0.382 e. The van der Waals surface area contributed by atoms with Crippen molar-refractivity contribution >= 4 is 15.9 Å². The van der Waals surface area contributed by atoms with Gasteiger partial charge in [-0.05, 0) is 36.2 Å². The van der Waals surface area contributed by atoms with Gasteiger partial charge >= 0.3 is 0 Å². The van der Waals surface area contributed by atoms with E-state index < -0.39 is 6.10 Å². The minimum atomic E-state index is -0.634. The molecule has 1 heterocycles. The Morgan fingerprint density at radius 3 is 2.75 bits per heavy atom. The minimum Gasteiger partial charge on any atom is -0.382 e. The van der Waals surface area contributed by atoms with Gasteiger partial charge in [0.2, 0.25) is 0 Å². The van der Waals surface area contributed by atoms with Gasteiger partial charge in [-0.1, -0.05) is 22.0 Å². The molecular formula is C12H13BrN2O. The third-order valence-corrected chi connectivity index (χ3v) is 3.17. The molecule has 0 aliphatic carbocycles. The topological polar surface area (TPSA) is 38.1 Å². The number of aryl methyl sites for hydroxylation is 2. The Labute approximate surface area is 103 Å². The highest BCUT2D eigenvalue weighted by Crippen LogP contribution is 2.26. The first-order valence-electron chi connectivity index (χ1n) is 5.01. The molecule has 1 aromatic carbocycles. The van der Waals surface area contributed by atoms with E-state index >= 15 is 0 Å². The molecule has 1 atom stereocenters. The van der Waals surface area contributed by atoms with Crippen LogP contribution < -0.4 is 0 Å². The SMILES string of the molecule is Cc1ccc(Br)cc1C(O)c1ccnn1C. The lowest BCUT2D eigenvalue weighted by molar-refractivity contribution is 0.209. The van der Waals surface area contributed by atoms with Crippen molar-refractivity contribution < 1.29 is 5.11 Å². The van der Waals surface area contributed by atoms with E-state index in [9.17, 15) is 5.11 Å². The number of benzene rings is 1. The van der Waals surface area contributed by atoms with Gasteiger partial charge in [0.1, 0.15) is 6.10 Å². The fourth-order valence-electron chi connectivity index (χ4n) is 1.72. The third-order valence-electron chi connectivity index (χ3n) is 2.67. The normalized spacial score (nSPS) is 12.8. The summed E-state index contributed by atoms with van der Waals surface area (Å²) in [6.45, 7) is 1.99. The van der Waals surface area contributed by atoms with E-state index in [4.69, 9.17) is 0 Å². The van der Waals surface area contributed by atoms with Gasteiger partial charge in [0.05, 0.1) is 5.69 Å². The van der Waals surface area contributed by atoms with E-state index in [2.05, 4.69) is 21.0 Å². The molecule has 0 amide bonds. The lowest BCUT2D eigenvalue weighted by Gasteiger charge is -2.14. The second-order valence-electron chi connectivity index (χ2n) is 3.78. The molecule has 0 fully saturated rings. The Bertz CT molecular complexity index is 507. The smallest absolute Gasteiger partial charge is 0.121 e. The van der Waals surface area contributed by atoms with E-state index in [0.717, 1.165) is 21.3 Å². The summed E-state index contributed by atoms with van der Waals surface area (Å²) in [4.78, 5) is 0. The van der Waals surface area contributed by atoms with E-state index in [0.29, 0.717) is 0 Å². The summed E-state index contributed by atoms with van der Waals surface area (Å²) < 4.78 is 2.65. The number of aliphatic hydroxyl groups is 1. The highest BCUT2D eigenvalue weighted by atomic mass is 79.9. The van der Waals surface area contributed by atoms with Crippen LogP contribution in [-0.4, -0.2) is 14.9 Å². The Morgan fingerprint density at radius 2 is 2.12 bits per heavy atom. The first-order valence-corrected chi connectivity index (χ1v) is 5.81. The lowest BCUT2D eigenvalue weighted by Crippen LogP contribution is -2.07. The molecule has 84 valence electrons. The maximum Gasteiger partial charge on any atom is 0.121 e. The molecule has 4 heteroatoms. The van der Waals surface area contributed by atoms with Crippen molar-refractivity contribution in [1.29, 1.82) is 0 Å². The number of rotatable bonds is 2.